The average Bonchev–Trinajstić information content (AvgIpc) is 3.41. The number of hydrogen-bond donors (Lipinski definition) is 2. The van der Waals surface area contributed by atoms with Gasteiger partial charge in [0, 0.05) is 10.9 Å². The Labute approximate surface area is 183 Å². The molecule has 0 saturated carbocycles. The maximum atomic E-state index is 13.1. The highest BCUT2D eigenvalue weighted by molar-refractivity contribution is 7.91. The van der Waals surface area contributed by atoms with Crippen LogP contribution in [0.5, 0.6) is 11.5 Å². The fourth-order valence-corrected chi connectivity index (χ4v) is 7.20. The molecule has 0 bridgehead atoms. The van der Waals surface area contributed by atoms with Crippen molar-refractivity contribution in [2.24, 2.45) is 0 Å². The summed E-state index contributed by atoms with van der Waals surface area (Å²) < 4.78 is 34.9. The zero-order valence-electron chi connectivity index (χ0n) is 16.7. The van der Waals surface area contributed by atoms with Crippen molar-refractivity contribution in [3.63, 3.8) is 0 Å². The van der Waals surface area contributed by atoms with Crippen molar-refractivity contribution in [2.75, 3.05) is 23.4 Å². The summed E-state index contributed by atoms with van der Waals surface area (Å²) in [4.78, 5) is 27.0. The Hall–Kier alpha value is -2.59. The Bertz CT molecular complexity index is 1160. The maximum Gasteiger partial charge on any atom is 0.269 e. The third-order valence-corrected chi connectivity index (χ3v) is 8.73. The highest BCUT2D eigenvalue weighted by Gasteiger charge is 2.34. The summed E-state index contributed by atoms with van der Waals surface area (Å²) in [5.74, 6) is 0.425. The number of nitrogens with one attached hydrogen (secondary N) is 2. The first-order valence-corrected chi connectivity index (χ1v) is 12.9. The molecule has 5 rings (SSSR count). The lowest BCUT2D eigenvalue weighted by molar-refractivity contribution is -0.125. The van der Waals surface area contributed by atoms with Gasteiger partial charge in [-0.1, -0.05) is 12.1 Å². The van der Waals surface area contributed by atoms with Gasteiger partial charge in [-0.2, -0.15) is 0 Å². The number of fused-ring (bicyclic) bond motifs is 2. The monoisotopic (exact) mass is 462 g/mol. The first-order valence-electron chi connectivity index (χ1n) is 10.2. The quantitative estimate of drug-likeness (QED) is 0.718. The minimum absolute atomic E-state index is 0.0422. The molecule has 1 aliphatic carbocycles. The summed E-state index contributed by atoms with van der Waals surface area (Å²) in [5, 5.41) is 6.19. The molecule has 1 aromatic carbocycles. The Morgan fingerprint density at radius 1 is 1.13 bits per heavy atom. The summed E-state index contributed by atoms with van der Waals surface area (Å²) in [6.07, 6.45) is 2.18. The number of rotatable bonds is 4. The molecule has 1 aromatic heterocycles. The molecule has 2 amide bonds. The first kappa shape index (κ1) is 20.3. The van der Waals surface area contributed by atoms with E-state index in [-0.39, 0.29) is 29.9 Å². The van der Waals surface area contributed by atoms with E-state index >= 15 is 0 Å². The van der Waals surface area contributed by atoms with Gasteiger partial charge >= 0.3 is 0 Å². The number of carbonyl (C=O) groups excluding carboxylic acids is 2. The standard InChI is InChI=1S/C21H22N2O6S2/c24-19(16-10-28-14-5-1-2-6-15(14)29-16)23-21-18(13-4-3-7-17(13)30-21)20(25)22-12-8-9-31(26,27)11-12/h1-2,5-6,12,16H,3-4,7-11H2,(H,22,25)(H,23,24)/t12-,16-/m1/s1. The van der Waals surface area contributed by atoms with E-state index in [0.29, 0.717) is 28.5 Å². The zero-order valence-corrected chi connectivity index (χ0v) is 18.3. The van der Waals surface area contributed by atoms with Gasteiger partial charge in [-0.3, -0.25) is 9.59 Å². The van der Waals surface area contributed by atoms with E-state index in [4.69, 9.17) is 9.47 Å². The number of thiophene rings is 1. The number of hydrogen-bond acceptors (Lipinski definition) is 7. The van der Waals surface area contributed by atoms with Crippen LogP contribution in [-0.4, -0.2) is 50.5 Å². The van der Waals surface area contributed by atoms with Gasteiger partial charge < -0.3 is 20.1 Å². The molecule has 3 heterocycles. The van der Waals surface area contributed by atoms with E-state index in [9.17, 15) is 18.0 Å². The molecule has 0 radical (unpaired) electrons. The molecule has 8 nitrogen and oxygen atoms in total. The zero-order chi connectivity index (χ0) is 21.6. The van der Waals surface area contributed by atoms with Crippen LogP contribution in [0, 0.1) is 0 Å². The highest BCUT2D eigenvalue weighted by Crippen LogP contribution is 2.39. The Morgan fingerprint density at radius 3 is 2.71 bits per heavy atom. The second kappa shape index (κ2) is 7.83. The smallest absolute Gasteiger partial charge is 0.269 e. The van der Waals surface area contributed by atoms with Crippen molar-refractivity contribution >= 4 is 38.0 Å². The highest BCUT2D eigenvalue weighted by atomic mass is 32.2. The first-order chi connectivity index (χ1) is 14.9. The van der Waals surface area contributed by atoms with Gasteiger partial charge in [-0.25, -0.2) is 8.42 Å². The lowest BCUT2D eigenvalue weighted by Crippen LogP contribution is -2.41. The van der Waals surface area contributed by atoms with Crippen LogP contribution < -0.4 is 20.1 Å². The number of para-hydroxylation sites is 2. The van der Waals surface area contributed by atoms with Crippen molar-refractivity contribution in [3.8, 4) is 11.5 Å². The number of amides is 2. The Balaban J connectivity index is 1.34. The van der Waals surface area contributed by atoms with E-state index < -0.39 is 22.0 Å². The Morgan fingerprint density at radius 2 is 1.94 bits per heavy atom. The van der Waals surface area contributed by atoms with Crippen LogP contribution in [0.2, 0.25) is 0 Å². The number of benzene rings is 1. The van der Waals surface area contributed by atoms with Crippen LogP contribution in [0.3, 0.4) is 0 Å². The van der Waals surface area contributed by atoms with Crippen molar-refractivity contribution in [1.29, 1.82) is 0 Å². The molecule has 3 aliphatic rings. The van der Waals surface area contributed by atoms with Crippen LogP contribution in [-0.2, 0) is 27.5 Å². The molecular weight excluding hydrogens is 440 g/mol. The van der Waals surface area contributed by atoms with Crippen LogP contribution >= 0.6 is 11.3 Å². The van der Waals surface area contributed by atoms with Crippen molar-refractivity contribution in [2.45, 2.75) is 37.8 Å². The summed E-state index contributed by atoms with van der Waals surface area (Å²) >= 11 is 1.41. The number of sulfone groups is 1. The molecule has 1 fully saturated rings. The van der Waals surface area contributed by atoms with Gasteiger partial charge in [0.2, 0.25) is 6.10 Å². The Kier molecular flexibility index (Phi) is 5.13. The van der Waals surface area contributed by atoms with Crippen LogP contribution in [0.1, 0.15) is 33.6 Å². The number of aryl methyl sites for hydroxylation is 1. The van der Waals surface area contributed by atoms with Gasteiger partial charge in [0.05, 0.1) is 17.1 Å². The maximum absolute atomic E-state index is 13.1. The summed E-state index contributed by atoms with van der Waals surface area (Å²) in [7, 11) is -3.10. The third-order valence-electron chi connectivity index (χ3n) is 5.75. The number of carbonyl (C=O) groups is 2. The molecule has 0 spiro atoms. The molecule has 2 aromatic rings. The van der Waals surface area contributed by atoms with Gasteiger partial charge in [0.25, 0.3) is 11.8 Å². The van der Waals surface area contributed by atoms with Gasteiger partial charge in [-0.15, -0.1) is 11.3 Å². The third kappa shape index (κ3) is 4.01. The largest absolute Gasteiger partial charge is 0.485 e. The predicted molar refractivity (Wildman–Crippen MR) is 116 cm³/mol. The van der Waals surface area contributed by atoms with Crippen LogP contribution in [0.4, 0.5) is 5.00 Å². The van der Waals surface area contributed by atoms with Crippen LogP contribution in [0.15, 0.2) is 24.3 Å². The van der Waals surface area contributed by atoms with Crippen molar-refractivity contribution in [3.05, 3.63) is 40.3 Å². The second-order valence-electron chi connectivity index (χ2n) is 7.99. The fraction of sp³-hybridized carbons (Fsp3) is 0.429. The molecule has 31 heavy (non-hydrogen) atoms. The lowest BCUT2D eigenvalue weighted by Gasteiger charge is -2.25. The molecule has 2 aliphatic heterocycles. The molecule has 1 saturated heterocycles. The van der Waals surface area contributed by atoms with Crippen LogP contribution in [0.25, 0.3) is 0 Å². The van der Waals surface area contributed by atoms with Gasteiger partial charge in [-0.05, 0) is 43.4 Å². The van der Waals surface area contributed by atoms with Crippen molar-refractivity contribution in [1.82, 2.24) is 5.32 Å². The molecule has 2 atom stereocenters. The van der Waals surface area contributed by atoms with E-state index in [1.165, 1.54) is 11.3 Å². The van der Waals surface area contributed by atoms with Gasteiger partial charge in [0.15, 0.2) is 21.3 Å². The van der Waals surface area contributed by atoms with E-state index in [0.717, 1.165) is 29.7 Å². The van der Waals surface area contributed by atoms with E-state index in [1.807, 2.05) is 6.07 Å². The molecule has 2 N–H and O–H groups in total. The number of ether oxygens (including phenoxy) is 2. The SMILES string of the molecule is O=C(N[C@@H]1CCS(=O)(=O)C1)c1c(NC(=O)[C@H]2COc3ccccc3O2)sc2c1CCC2. The van der Waals surface area contributed by atoms with E-state index in [2.05, 4.69) is 10.6 Å². The van der Waals surface area contributed by atoms with E-state index in [1.54, 1.807) is 18.2 Å². The fourth-order valence-electron chi connectivity index (χ4n) is 4.24. The number of anilines is 1. The molecular formula is C21H22N2O6S2. The second-order valence-corrected chi connectivity index (χ2v) is 11.3. The minimum atomic E-state index is -3.10. The minimum Gasteiger partial charge on any atom is -0.485 e. The molecule has 0 unspecified atom stereocenters. The topological polar surface area (TPSA) is 111 Å². The molecule has 10 heteroatoms. The summed E-state index contributed by atoms with van der Waals surface area (Å²) in [6.45, 7) is 0.0788. The lowest BCUT2D eigenvalue weighted by atomic mass is 10.1. The average molecular weight is 463 g/mol. The van der Waals surface area contributed by atoms with Crippen molar-refractivity contribution < 1.29 is 27.5 Å². The summed E-state index contributed by atoms with van der Waals surface area (Å²) in [5.41, 5.74) is 1.40. The van der Waals surface area contributed by atoms with Gasteiger partial charge in [0.1, 0.15) is 11.6 Å². The predicted octanol–water partition coefficient (Wildman–Crippen LogP) is 1.93. The normalized spacial score (nSPS) is 23.2. The summed E-state index contributed by atoms with van der Waals surface area (Å²) in [6, 6.07) is 6.75. The molecule has 164 valence electrons.